The number of halogens is 1. The highest BCUT2D eigenvalue weighted by Gasteiger charge is 2.23. The fourth-order valence-corrected chi connectivity index (χ4v) is 3.29. The van der Waals surface area contributed by atoms with Crippen LogP contribution in [0.1, 0.15) is 46.2 Å². The van der Waals surface area contributed by atoms with E-state index in [4.69, 9.17) is 11.6 Å². The molecule has 1 saturated heterocycles. The summed E-state index contributed by atoms with van der Waals surface area (Å²) in [6.45, 7) is 5.56. The first-order valence-corrected chi connectivity index (χ1v) is 9.14. The molecular formula is C20H22ClN3O2. The third kappa shape index (κ3) is 4.22. The summed E-state index contributed by atoms with van der Waals surface area (Å²) in [5, 5.41) is 3.35. The third-order valence-corrected chi connectivity index (χ3v) is 5.02. The Labute approximate surface area is 158 Å². The van der Waals surface area contributed by atoms with Crippen LogP contribution in [-0.2, 0) is 0 Å². The molecule has 1 aliphatic rings. The molecule has 0 saturated carbocycles. The van der Waals surface area contributed by atoms with E-state index < -0.39 is 0 Å². The second kappa shape index (κ2) is 7.87. The number of nitrogens with one attached hydrogen (secondary N) is 1. The Bertz CT molecular complexity index is 838. The van der Waals surface area contributed by atoms with E-state index in [1.54, 1.807) is 24.3 Å². The van der Waals surface area contributed by atoms with E-state index in [1.165, 1.54) is 6.20 Å². The summed E-state index contributed by atoms with van der Waals surface area (Å²) in [6, 6.07) is 8.51. The Morgan fingerprint density at radius 3 is 2.81 bits per heavy atom. The fraction of sp³-hybridized carbons (Fsp3) is 0.350. The molecule has 0 aliphatic carbocycles. The van der Waals surface area contributed by atoms with E-state index in [2.05, 4.69) is 17.2 Å². The zero-order valence-electron chi connectivity index (χ0n) is 15.0. The molecule has 1 aromatic heterocycles. The van der Waals surface area contributed by atoms with Crippen molar-refractivity contribution in [1.82, 2.24) is 9.88 Å². The first-order valence-electron chi connectivity index (χ1n) is 8.77. The number of nitrogens with zero attached hydrogens (tertiary/aromatic N) is 2. The summed E-state index contributed by atoms with van der Waals surface area (Å²) in [4.78, 5) is 31.1. The van der Waals surface area contributed by atoms with Crippen LogP contribution in [0.2, 0.25) is 5.02 Å². The number of benzene rings is 1. The van der Waals surface area contributed by atoms with Crippen molar-refractivity contribution < 1.29 is 9.59 Å². The average Bonchev–Trinajstić information content (AvgIpc) is 2.64. The lowest BCUT2D eigenvalue weighted by Crippen LogP contribution is -2.39. The maximum atomic E-state index is 12.7. The number of anilines is 1. The zero-order valence-corrected chi connectivity index (χ0v) is 15.7. The molecule has 0 spiro atoms. The molecule has 0 radical (unpaired) electrons. The molecule has 0 bridgehead atoms. The van der Waals surface area contributed by atoms with Crippen LogP contribution in [0, 0.1) is 12.8 Å². The maximum Gasteiger partial charge on any atom is 0.274 e. The van der Waals surface area contributed by atoms with Crippen molar-refractivity contribution in [3.8, 4) is 0 Å². The van der Waals surface area contributed by atoms with Crippen molar-refractivity contribution >= 4 is 29.1 Å². The Kier molecular flexibility index (Phi) is 5.57. The number of piperidine rings is 1. The number of aromatic nitrogens is 1. The Hall–Kier alpha value is -2.40. The molecule has 6 heteroatoms. The number of hydrogen-bond donors (Lipinski definition) is 1. The van der Waals surface area contributed by atoms with E-state index in [9.17, 15) is 9.59 Å². The minimum atomic E-state index is -0.369. The predicted molar refractivity (Wildman–Crippen MR) is 103 cm³/mol. The minimum Gasteiger partial charge on any atom is -0.338 e. The molecular weight excluding hydrogens is 350 g/mol. The van der Waals surface area contributed by atoms with Gasteiger partial charge in [0.15, 0.2) is 0 Å². The molecule has 26 heavy (non-hydrogen) atoms. The van der Waals surface area contributed by atoms with Crippen molar-refractivity contribution in [3.05, 3.63) is 58.4 Å². The van der Waals surface area contributed by atoms with Gasteiger partial charge in [0, 0.05) is 35.6 Å². The van der Waals surface area contributed by atoms with Crippen LogP contribution in [0.3, 0.4) is 0 Å². The molecule has 1 fully saturated rings. The molecule has 3 rings (SSSR count). The summed E-state index contributed by atoms with van der Waals surface area (Å²) in [5.74, 6) is 0.0848. The first kappa shape index (κ1) is 18.4. The number of amides is 2. The molecule has 1 aromatic carbocycles. The van der Waals surface area contributed by atoms with Gasteiger partial charge >= 0.3 is 0 Å². The van der Waals surface area contributed by atoms with E-state index in [-0.39, 0.29) is 17.5 Å². The van der Waals surface area contributed by atoms with E-state index in [0.717, 1.165) is 31.5 Å². The summed E-state index contributed by atoms with van der Waals surface area (Å²) < 4.78 is 0. The van der Waals surface area contributed by atoms with E-state index in [0.29, 0.717) is 22.2 Å². The van der Waals surface area contributed by atoms with Crippen molar-refractivity contribution in [3.63, 3.8) is 0 Å². The van der Waals surface area contributed by atoms with Gasteiger partial charge in [-0.25, -0.2) is 0 Å². The van der Waals surface area contributed by atoms with E-state index in [1.807, 2.05) is 17.9 Å². The van der Waals surface area contributed by atoms with E-state index >= 15 is 0 Å². The smallest absolute Gasteiger partial charge is 0.274 e. The second-order valence-corrected chi connectivity index (χ2v) is 7.25. The van der Waals surface area contributed by atoms with Crippen LogP contribution in [-0.4, -0.2) is 34.8 Å². The van der Waals surface area contributed by atoms with Gasteiger partial charge in [0.2, 0.25) is 0 Å². The predicted octanol–water partition coefficient (Wildman–Crippen LogP) is 4.17. The van der Waals surface area contributed by atoms with Crippen molar-refractivity contribution in [2.45, 2.75) is 26.7 Å². The van der Waals surface area contributed by atoms with Crippen LogP contribution in [0.25, 0.3) is 0 Å². The van der Waals surface area contributed by atoms with Crippen LogP contribution in [0.15, 0.2) is 36.5 Å². The summed E-state index contributed by atoms with van der Waals surface area (Å²) in [6.07, 6.45) is 3.66. The summed E-state index contributed by atoms with van der Waals surface area (Å²) >= 11 is 6.09. The van der Waals surface area contributed by atoms with Gasteiger partial charge in [0.05, 0.1) is 0 Å². The highest BCUT2D eigenvalue weighted by molar-refractivity contribution is 6.31. The highest BCUT2D eigenvalue weighted by atomic mass is 35.5. The zero-order chi connectivity index (χ0) is 18.7. The molecule has 1 unspecified atom stereocenters. The largest absolute Gasteiger partial charge is 0.338 e. The molecule has 5 nitrogen and oxygen atoms in total. The number of aryl methyl sites for hydroxylation is 1. The van der Waals surface area contributed by atoms with Gasteiger partial charge in [0.25, 0.3) is 11.8 Å². The number of hydrogen-bond acceptors (Lipinski definition) is 3. The molecule has 1 N–H and O–H groups in total. The molecule has 136 valence electrons. The quantitative estimate of drug-likeness (QED) is 0.880. The minimum absolute atomic E-state index is 0.0496. The topological polar surface area (TPSA) is 62.3 Å². The van der Waals surface area contributed by atoms with Gasteiger partial charge in [-0.1, -0.05) is 24.6 Å². The van der Waals surface area contributed by atoms with Gasteiger partial charge in [-0.3, -0.25) is 14.6 Å². The normalized spacial score (nSPS) is 17.0. The molecule has 2 heterocycles. The third-order valence-electron chi connectivity index (χ3n) is 4.61. The van der Waals surface area contributed by atoms with Crippen LogP contribution >= 0.6 is 11.6 Å². The standard InChI is InChI=1S/C20H22ClN3O2/c1-13-4-3-9-24(12-13)20(26)15-7-8-22-18(10-15)19(25)23-16-6-5-14(2)17(21)11-16/h5-8,10-11,13H,3-4,9,12H2,1-2H3,(H,23,25). The highest BCUT2D eigenvalue weighted by Crippen LogP contribution is 2.21. The molecule has 1 atom stereocenters. The number of carbonyl (C=O) groups is 2. The second-order valence-electron chi connectivity index (χ2n) is 6.85. The Morgan fingerprint density at radius 1 is 1.27 bits per heavy atom. The molecule has 2 aromatic rings. The van der Waals surface area contributed by atoms with Crippen LogP contribution in [0.4, 0.5) is 5.69 Å². The number of carbonyl (C=O) groups excluding carboxylic acids is 2. The Morgan fingerprint density at radius 2 is 2.08 bits per heavy atom. The summed E-state index contributed by atoms with van der Waals surface area (Å²) in [5.41, 5.74) is 2.22. The van der Waals surface area contributed by atoms with Gasteiger partial charge in [-0.05, 0) is 55.5 Å². The lowest BCUT2D eigenvalue weighted by molar-refractivity contribution is 0.0683. The number of rotatable bonds is 3. The monoisotopic (exact) mass is 371 g/mol. The van der Waals surface area contributed by atoms with Crippen LogP contribution in [0.5, 0.6) is 0 Å². The van der Waals surface area contributed by atoms with Gasteiger partial charge in [-0.15, -0.1) is 0 Å². The van der Waals surface area contributed by atoms with Crippen molar-refractivity contribution in [1.29, 1.82) is 0 Å². The molecule has 1 aliphatic heterocycles. The summed E-state index contributed by atoms with van der Waals surface area (Å²) in [7, 11) is 0. The van der Waals surface area contributed by atoms with Gasteiger partial charge in [0.1, 0.15) is 5.69 Å². The Balaban J connectivity index is 1.74. The SMILES string of the molecule is Cc1ccc(NC(=O)c2cc(C(=O)N3CCCC(C)C3)ccn2)cc1Cl. The lowest BCUT2D eigenvalue weighted by atomic mass is 9.99. The fourth-order valence-electron chi connectivity index (χ4n) is 3.11. The maximum absolute atomic E-state index is 12.7. The molecule has 2 amide bonds. The van der Waals surface area contributed by atoms with Crippen molar-refractivity contribution in [2.75, 3.05) is 18.4 Å². The van der Waals surface area contributed by atoms with Crippen LogP contribution < -0.4 is 5.32 Å². The van der Waals surface area contributed by atoms with Crippen molar-refractivity contribution in [2.24, 2.45) is 5.92 Å². The van der Waals surface area contributed by atoms with Gasteiger partial charge in [-0.2, -0.15) is 0 Å². The number of pyridine rings is 1. The lowest BCUT2D eigenvalue weighted by Gasteiger charge is -2.31. The van der Waals surface area contributed by atoms with Gasteiger partial charge < -0.3 is 10.2 Å². The average molecular weight is 372 g/mol. The number of likely N-dealkylation sites (tertiary alicyclic amines) is 1. The first-order chi connectivity index (χ1) is 12.4.